The molecule has 1 atom stereocenters. The molecule has 2 saturated heterocycles. The van der Waals surface area contributed by atoms with E-state index in [9.17, 15) is 9.59 Å². The first-order valence-corrected chi connectivity index (χ1v) is 11.2. The minimum Gasteiger partial charge on any atom is -0.490 e. The third-order valence-corrected chi connectivity index (χ3v) is 5.42. The lowest BCUT2D eigenvalue weighted by Crippen LogP contribution is -2.53. The molecule has 2 fully saturated rings. The fourth-order valence-corrected chi connectivity index (χ4v) is 4.04. The Labute approximate surface area is 179 Å². The zero-order valence-electron chi connectivity index (χ0n) is 18.7. The molecule has 2 heterocycles. The van der Waals surface area contributed by atoms with Gasteiger partial charge in [0.1, 0.15) is 0 Å². The van der Waals surface area contributed by atoms with Crippen molar-refractivity contribution in [3.8, 4) is 11.5 Å². The largest absolute Gasteiger partial charge is 0.490 e. The van der Waals surface area contributed by atoms with Crippen LogP contribution in [0.2, 0.25) is 0 Å². The quantitative estimate of drug-likeness (QED) is 0.617. The average Bonchev–Trinajstić information content (AvgIpc) is 3.04. The molecule has 7 nitrogen and oxygen atoms in total. The number of carbonyl (C=O) groups excluding carboxylic acids is 2. The van der Waals surface area contributed by atoms with Crippen LogP contribution in [0, 0.1) is 5.92 Å². The molecule has 2 aliphatic heterocycles. The number of ether oxygens (including phenoxy) is 2. The van der Waals surface area contributed by atoms with Crippen LogP contribution in [0.15, 0.2) is 18.2 Å². The Morgan fingerprint density at radius 2 is 1.77 bits per heavy atom. The van der Waals surface area contributed by atoms with Crippen LogP contribution < -0.4 is 9.47 Å². The van der Waals surface area contributed by atoms with E-state index in [0.29, 0.717) is 62.4 Å². The highest BCUT2D eigenvalue weighted by atomic mass is 16.5. The molecule has 0 aliphatic carbocycles. The van der Waals surface area contributed by atoms with Gasteiger partial charge in [0, 0.05) is 38.3 Å². The van der Waals surface area contributed by atoms with Crippen LogP contribution in [0.5, 0.6) is 11.5 Å². The van der Waals surface area contributed by atoms with E-state index in [0.717, 1.165) is 19.4 Å². The van der Waals surface area contributed by atoms with E-state index in [1.807, 2.05) is 33.8 Å². The number of hydrogen-bond acceptors (Lipinski definition) is 4. The van der Waals surface area contributed by atoms with Crippen LogP contribution in [0.3, 0.4) is 0 Å². The van der Waals surface area contributed by atoms with Crippen LogP contribution in [-0.4, -0.2) is 78.6 Å². The van der Waals surface area contributed by atoms with Gasteiger partial charge in [-0.1, -0.05) is 27.7 Å². The van der Waals surface area contributed by atoms with E-state index >= 15 is 0 Å². The van der Waals surface area contributed by atoms with Crippen LogP contribution in [0.1, 0.15) is 50.9 Å². The Kier molecular flexibility index (Phi) is 7.45. The van der Waals surface area contributed by atoms with Gasteiger partial charge in [0.2, 0.25) is 0 Å². The van der Waals surface area contributed by atoms with Crippen LogP contribution in [0.4, 0.5) is 4.79 Å². The van der Waals surface area contributed by atoms with Crippen molar-refractivity contribution in [3.05, 3.63) is 23.8 Å². The first-order valence-electron chi connectivity index (χ1n) is 11.2. The van der Waals surface area contributed by atoms with Crippen molar-refractivity contribution in [3.63, 3.8) is 0 Å². The lowest BCUT2D eigenvalue weighted by Gasteiger charge is -2.36. The molecule has 166 valence electrons. The Bertz CT molecular complexity index is 752. The molecule has 3 amide bonds. The van der Waals surface area contributed by atoms with E-state index in [2.05, 4.69) is 20.8 Å². The maximum Gasteiger partial charge on any atom is 0.320 e. The molecule has 0 radical (unpaired) electrons. The Morgan fingerprint density at radius 3 is 2.43 bits per heavy atom. The summed E-state index contributed by atoms with van der Waals surface area (Å²) >= 11 is 0. The van der Waals surface area contributed by atoms with E-state index in [4.69, 9.17) is 9.47 Å². The van der Waals surface area contributed by atoms with Crippen molar-refractivity contribution >= 4 is 11.9 Å². The van der Waals surface area contributed by atoms with Gasteiger partial charge in [-0.15, -0.1) is 0 Å². The molecule has 30 heavy (non-hydrogen) atoms. The Morgan fingerprint density at radius 1 is 1.07 bits per heavy atom. The second kappa shape index (κ2) is 10.0. The third kappa shape index (κ3) is 4.99. The summed E-state index contributed by atoms with van der Waals surface area (Å²) in [7, 11) is 0. The molecule has 0 aromatic heterocycles. The summed E-state index contributed by atoms with van der Waals surface area (Å²) < 4.78 is 11.6. The van der Waals surface area contributed by atoms with Gasteiger partial charge in [0.25, 0.3) is 5.91 Å². The van der Waals surface area contributed by atoms with Crippen molar-refractivity contribution in [2.45, 2.75) is 46.6 Å². The van der Waals surface area contributed by atoms with Gasteiger partial charge >= 0.3 is 6.03 Å². The summed E-state index contributed by atoms with van der Waals surface area (Å²) in [6.07, 6.45) is 1.79. The maximum atomic E-state index is 13.2. The smallest absolute Gasteiger partial charge is 0.320 e. The van der Waals surface area contributed by atoms with E-state index in [1.54, 1.807) is 6.07 Å². The summed E-state index contributed by atoms with van der Waals surface area (Å²) in [6, 6.07) is 5.60. The second-order valence-corrected chi connectivity index (χ2v) is 8.54. The number of fused-ring (bicyclic) bond motifs is 1. The highest BCUT2D eigenvalue weighted by molar-refractivity contribution is 5.95. The summed E-state index contributed by atoms with van der Waals surface area (Å²) in [5.41, 5.74) is 0.599. The van der Waals surface area contributed by atoms with Crippen molar-refractivity contribution in [1.82, 2.24) is 14.7 Å². The minimum absolute atomic E-state index is 0.0206. The lowest BCUT2D eigenvalue weighted by atomic mass is 10.1. The second-order valence-electron chi connectivity index (χ2n) is 8.54. The molecular formula is C23H35N3O4. The number of benzene rings is 1. The van der Waals surface area contributed by atoms with Gasteiger partial charge in [-0.3, -0.25) is 4.79 Å². The highest BCUT2D eigenvalue weighted by Crippen LogP contribution is 2.30. The molecular weight excluding hydrogens is 382 g/mol. The SMILES string of the molecule is CCCOc1ccc(C(=O)N2CCN3C(=O)N(CC(C)C)CC3C2)cc1OCCC. The zero-order chi connectivity index (χ0) is 21.7. The highest BCUT2D eigenvalue weighted by Gasteiger charge is 2.41. The molecule has 1 aromatic carbocycles. The Balaban J connectivity index is 1.70. The Hall–Kier alpha value is -2.44. The van der Waals surface area contributed by atoms with Gasteiger partial charge in [0.05, 0.1) is 19.3 Å². The van der Waals surface area contributed by atoms with Crippen molar-refractivity contribution in [2.24, 2.45) is 5.92 Å². The lowest BCUT2D eigenvalue weighted by molar-refractivity contribution is 0.0616. The molecule has 0 spiro atoms. The first-order chi connectivity index (χ1) is 14.4. The van der Waals surface area contributed by atoms with Crippen molar-refractivity contribution in [1.29, 1.82) is 0 Å². The van der Waals surface area contributed by atoms with E-state index in [-0.39, 0.29) is 18.0 Å². The van der Waals surface area contributed by atoms with Gasteiger partial charge < -0.3 is 24.2 Å². The summed E-state index contributed by atoms with van der Waals surface area (Å²) in [4.78, 5) is 31.5. The standard InChI is InChI=1S/C23H35N3O4/c1-5-11-29-20-8-7-18(13-21(20)30-12-6-2)22(27)24-9-10-26-19(15-24)16-25(23(26)28)14-17(3)4/h7-8,13,17,19H,5-6,9-12,14-16H2,1-4H3. The predicted molar refractivity (Wildman–Crippen MR) is 116 cm³/mol. The average molecular weight is 418 g/mol. The molecule has 0 N–H and O–H groups in total. The van der Waals surface area contributed by atoms with Gasteiger partial charge in [-0.2, -0.15) is 0 Å². The maximum absolute atomic E-state index is 13.2. The normalized spacial score (nSPS) is 18.8. The molecule has 0 saturated carbocycles. The minimum atomic E-state index is -0.0206. The topological polar surface area (TPSA) is 62.3 Å². The fourth-order valence-electron chi connectivity index (χ4n) is 4.04. The molecule has 7 heteroatoms. The third-order valence-electron chi connectivity index (χ3n) is 5.42. The first kappa shape index (κ1) is 22.2. The summed E-state index contributed by atoms with van der Waals surface area (Å²) in [5.74, 6) is 1.71. The number of nitrogens with zero attached hydrogens (tertiary/aromatic N) is 3. The van der Waals surface area contributed by atoms with Crippen LogP contribution >= 0.6 is 0 Å². The number of carbonyl (C=O) groups is 2. The fraction of sp³-hybridized carbons (Fsp3) is 0.652. The molecule has 3 rings (SSSR count). The molecule has 1 unspecified atom stereocenters. The molecule has 1 aromatic rings. The monoisotopic (exact) mass is 417 g/mol. The van der Waals surface area contributed by atoms with Crippen molar-refractivity contribution in [2.75, 3.05) is 45.9 Å². The molecule has 0 bridgehead atoms. The predicted octanol–water partition coefficient (Wildman–Crippen LogP) is 3.48. The number of piperazine rings is 1. The van der Waals surface area contributed by atoms with Gasteiger partial charge in [-0.05, 0) is 37.0 Å². The number of urea groups is 1. The number of rotatable bonds is 9. The zero-order valence-corrected chi connectivity index (χ0v) is 18.7. The van der Waals surface area contributed by atoms with E-state index < -0.39 is 0 Å². The summed E-state index contributed by atoms with van der Waals surface area (Å²) in [6.45, 7) is 12.7. The number of hydrogen-bond donors (Lipinski definition) is 0. The molecule has 2 aliphatic rings. The van der Waals surface area contributed by atoms with Gasteiger partial charge in [0.15, 0.2) is 11.5 Å². The summed E-state index contributed by atoms with van der Waals surface area (Å²) in [5, 5.41) is 0. The van der Waals surface area contributed by atoms with E-state index in [1.165, 1.54) is 0 Å². The number of amides is 3. The van der Waals surface area contributed by atoms with Gasteiger partial charge in [-0.25, -0.2) is 4.79 Å². The van der Waals surface area contributed by atoms with Crippen molar-refractivity contribution < 1.29 is 19.1 Å². The van der Waals surface area contributed by atoms with Crippen LogP contribution in [0.25, 0.3) is 0 Å². The van der Waals surface area contributed by atoms with Crippen LogP contribution in [-0.2, 0) is 0 Å².